The van der Waals surface area contributed by atoms with Gasteiger partial charge in [-0.1, -0.05) is 17.7 Å². The average Bonchev–Trinajstić information content (AvgIpc) is 2.32. The van der Waals surface area contributed by atoms with Gasteiger partial charge in [-0.15, -0.1) is 0 Å². The van der Waals surface area contributed by atoms with E-state index in [2.05, 4.69) is 29.3 Å². The van der Waals surface area contributed by atoms with Gasteiger partial charge in [0.15, 0.2) is 0 Å². The first-order valence-electron chi connectivity index (χ1n) is 6.25. The quantitative estimate of drug-likeness (QED) is 0.892. The van der Waals surface area contributed by atoms with E-state index in [1.807, 2.05) is 19.1 Å². The van der Waals surface area contributed by atoms with Gasteiger partial charge in [-0.25, -0.2) is 0 Å². The Morgan fingerprint density at radius 3 is 3.00 bits per heavy atom. The summed E-state index contributed by atoms with van der Waals surface area (Å²) in [6.07, 6.45) is 0.542. The van der Waals surface area contributed by atoms with Gasteiger partial charge < -0.3 is 10.2 Å². The number of benzene rings is 1. The molecule has 0 bridgehead atoms. The zero-order valence-corrected chi connectivity index (χ0v) is 11.5. The molecule has 18 heavy (non-hydrogen) atoms. The summed E-state index contributed by atoms with van der Waals surface area (Å²) in [5.74, 6) is 0. The number of hydrogen-bond donors (Lipinski definition) is 1. The van der Waals surface area contributed by atoms with Crippen LogP contribution in [0.25, 0.3) is 0 Å². The molecule has 3 nitrogen and oxygen atoms in total. The Balaban J connectivity index is 2.22. The van der Waals surface area contributed by atoms with Crippen LogP contribution < -0.4 is 10.2 Å². The Hall–Kier alpha value is -1.24. The maximum absolute atomic E-state index is 8.83. The molecule has 2 unspecified atom stereocenters. The molecular weight excluding hydrogens is 246 g/mol. The number of hydrogen-bond acceptors (Lipinski definition) is 3. The second-order valence-corrected chi connectivity index (χ2v) is 5.32. The molecule has 1 N–H and O–H groups in total. The monoisotopic (exact) mass is 263 g/mol. The minimum Gasteiger partial charge on any atom is -0.368 e. The fourth-order valence-corrected chi connectivity index (χ4v) is 2.72. The lowest BCUT2D eigenvalue weighted by Gasteiger charge is -2.39. The second kappa shape index (κ2) is 5.60. The Labute approximate surface area is 113 Å². The van der Waals surface area contributed by atoms with Gasteiger partial charge in [0.1, 0.15) is 0 Å². The third-order valence-electron chi connectivity index (χ3n) is 3.37. The van der Waals surface area contributed by atoms with E-state index < -0.39 is 0 Å². The number of halogens is 1. The molecule has 2 rings (SSSR count). The van der Waals surface area contributed by atoms with Crippen LogP contribution in [0.4, 0.5) is 5.69 Å². The van der Waals surface area contributed by atoms with Crippen LogP contribution in [0.3, 0.4) is 0 Å². The fraction of sp³-hybridized carbons (Fsp3) is 0.500. The van der Waals surface area contributed by atoms with Crippen molar-refractivity contribution in [2.45, 2.75) is 32.4 Å². The van der Waals surface area contributed by atoms with E-state index in [1.54, 1.807) is 0 Å². The first-order chi connectivity index (χ1) is 8.61. The molecule has 1 aromatic rings. The van der Waals surface area contributed by atoms with Crippen molar-refractivity contribution in [1.82, 2.24) is 5.32 Å². The number of rotatable bonds is 2. The molecule has 96 valence electrons. The lowest BCUT2D eigenvalue weighted by Crippen LogP contribution is -2.55. The van der Waals surface area contributed by atoms with Crippen LogP contribution in [0, 0.1) is 18.3 Å². The molecule has 0 aromatic heterocycles. The molecule has 0 amide bonds. The highest BCUT2D eigenvalue weighted by Crippen LogP contribution is 2.28. The molecule has 1 heterocycles. The Bertz CT molecular complexity index is 467. The van der Waals surface area contributed by atoms with Gasteiger partial charge in [0, 0.05) is 35.9 Å². The zero-order chi connectivity index (χ0) is 13.1. The normalized spacial score (nSPS) is 23.8. The van der Waals surface area contributed by atoms with Crippen molar-refractivity contribution in [1.29, 1.82) is 5.26 Å². The van der Waals surface area contributed by atoms with E-state index in [-0.39, 0.29) is 6.04 Å². The summed E-state index contributed by atoms with van der Waals surface area (Å²) in [6.45, 7) is 6.00. The van der Waals surface area contributed by atoms with Crippen molar-refractivity contribution < 1.29 is 0 Å². The summed E-state index contributed by atoms with van der Waals surface area (Å²) in [5.41, 5.74) is 2.29. The first kappa shape index (κ1) is 13.2. The number of nitrogens with zero attached hydrogens (tertiary/aromatic N) is 2. The summed E-state index contributed by atoms with van der Waals surface area (Å²) in [4.78, 5) is 2.32. The minimum absolute atomic E-state index is 0.233. The summed E-state index contributed by atoms with van der Waals surface area (Å²) in [5, 5.41) is 13.1. The third-order valence-corrected chi connectivity index (χ3v) is 3.78. The van der Waals surface area contributed by atoms with Gasteiger partial charge in [0.2, 0.25) is 0 Å². The summed E-state index contributed by atoms with van der Waals surface area (Å²) in [6, 6.07) is 8.86. The van der Waals surface area contributed by atoms with Crippen LogP contribution in [-0.2, 0) is 0 Å². The van der Waals surface area contributed by atoms with Gasteiger partial charge in [0.05, 0.1) is 12.5 Å². The highest BCUT2D eigenvalue weighted by atomic mass is 35.5. The molecule has 2 atom stereocenters. The molecule has 0 saturated carbocycles. The minimum atomic E-state index is 0.233. The molecule has 1 aliphatic heterocycles. The second-order valence-electron chi connectivity index (χ2n) is 4.92. The molecule has 1 aromatic carbocycles. The van der Waals surface area contributed by atoms with E-state index in [0.717, 1.165) is 23.7 Å². The van der Waals surface area contributed by atoms with Crippen LogP contribution in [-0.4, -0.2) is 25.2 Å². The van der Waals surface area contributed by atoms with Crippen molar-refractivity contribution >= 4 is 17.3 Å². The van der Waals surface area contributed by atoms with Crippen molar-refractivity contribution in [3.63, 3.8) is 0 Å². The SMILES string of the molecule is Cc1c(Cl)cccc1N1CC(C)NC(CC#N)C1. The molecule has 0 aliphatic carbocycles. The molecule has 0 spiro atoms. The van der Waals surface area contributed by atoms with E-state index in [1.165, 1.54) is 5.69 Å². The molecule has 1 aliphatic rings. The zero-order valence-electron chi connectivity index (χ0n) is 10.8. The van der Waals surface area contributed by atoms with Crippen molar-refractivity contribution in [3.8, 4) is 6.07 Å². The van der Waals surface area contributed by atoms with Crippen LogP contribution in [0.15, 0.2) is 18.2 Å². The Morgan fingerprint density at radius 1 is 1.50 bits per heavy atom. The van der Waals surface area contributed by atoms with Gasteiger partial charge >= 0.3 is 0 Å². The Kier molecular flexibility index (Phi) is 4.11. The highest BCUT2D eigenvalue weighted by molar-refractivity contribution is 6.31. The molecule has 4 heteroatoms. The van der Waals surface area contributed by atoms with E-state index in [4.69, 9.17) is 16.9 Å². The molecule has 1 fully saturated rings. The fourth-order valence-electron chi connectivity index (χ4n) is 2.55. The van der Waals surface area contributed by atoms with E-state index in [9.17, 15) is 0 Å². The van der Waals surface area contributed by atoms with Gasteiger partial charge in [-0.2, -0.15) is 5.26 Å². The van der Waals surface area contributed by atoms with Gasteiger partial charge in [0.25, 0.3) is 0 Å². The van der Waals surface area contributed by atoms with E-state index in [0.29, 0.717) is 12.5 Å². The lowest BCUT2D eigenvalue weighted by atomic mass is 10.1. The molecule has 1 saturated heterocycles. The standard InChI is InChI=1S/C14H18ClN3/c1-10-8-18(9-12(17-10)6-7-16)14-5-3-4-13(15)11(14)2/h3-5,10,12,17H,6,8-9H2,1-2H3. The van der Waals surface area contributed by atoms with Crippen LogP contribution in [0.2, 0.25) is 5.02 Å². The topological polar surface area (TPSA) is 39.1 Å². The molecular formula is C14H18ClN3. The highest BCUT2D eigenvalue weighted by Gasteiger charge is 2.24. The smallest absolute Gasteiger partial charge is 0.0638 e. The predicted molar refractivity (Wildman–Crippen MR) is 75.0 cm³/mol. The van der Waals surface area contributed by atoms with Gasteiger partial charge in [-0.3, -0.25) is 0 Å². The van der Waals surface area contributed by atoms with E-state index >= 15 is 0 Å². The van der Waals surface area contributed by atoms with Crippen molar-refractivity contribution in [2.24, 2.45) is 0 Å². The van der Waals surface area contributed by atoms with Crippen molar-refractivity contribution in [3.05, 3.63) is 28.8 Å². The van der Waals surface area contributed by atoms with Crippen LogP contribution >= 0.6 is 11.6 Å². The molecule has 0 radical (unpaired) electrons. The summed E-state index contributed by atoms with van der Waals surface area (Å²) >= 11 is 6.17. The number of nitriles is 1. The average molecular weight is 264 g/mol. The summed E-state index contributed by atoms with van der Waals surface area (Å²) in [7, 11) is 0. The first-order valence-corrected chi connectivity index (χ1v) is 6.62. The summed E-state index contributed by atoms with van der Waals surface area (Å²) < 4.78 is 0. The maximum atomic E-state index is 8.83. The van der Waals surface area contributed by atoms with Crippen LogP contribution in [0.1, 0.15) is 18.9 Å². The maximum Gasteiger partial charge on any atom is 0.0638 e. The van der Waals surface area contributed by atoms with Crippen LogP contribution in [0.5, 0.6) is 0 Å². The largest absolute Gasteiger partial charge is 0.368 e. The Morgan fingerprint density at radius 2 is 2.28 bits per heavy atom. The van der Waals surface area contributed by atoms with Gasteiger partial charge in [-0.05, 0) is 31.5 Å². The number of nitrogens with one attached hydrogen (secondary N) is 1. The predicted octanol–water partition coefficient (Wildman–Crippen LogP) is 2.73. The third kappa shape index (κ3) is 2.77. The van der Waals surface area contributed by atoms with Crippen molar-refractivity contribution in [2.75, 3.05) is 18.0 Å². The number of piperazine rings is 1. The lowest BCUT2D eigenvalue weighted by molar-refractivity contribution is 0.391. The number of anilines is 1.